The van der Waals surface area contributed by atoms with Crippen LogP contribution in [-0.4, -0.2) is 17.9 Å². The van der Waals surface area contributed by atoms with Crippen LogP contribution < -0.4 is 0 Å². The van der Waals surface area contributed by atoms with Crippen molar-refractivity contribution in [2.75, 3.05) is 0 Å². The number of ketones is 1. The molecule has 0 spiro atoms. The highest BCUT2D eigenvalue weighted by atomic mass is 16.5. The van der Waals surface area contributed by atoms with Gasteiger partial charge in [0.2, 0.25) is 0 Å². The van der Waals surface area contributed by atoms with Crippen molar-refractivity contribution >= 4 is 11.8 Å². The fourth-order valence-corrected chi connectivity index (χ4v) is 2.13. The minimum atomic E-state index is -0.690. The lowest BCUT2D eigenvalue weighted by molar-refractivity contribution is -0.153. The van der Waals surface area contributed by atoms with E-state index in [1.807, 2.05) is 13.8 Å². The molecule has 0 bridgehead atoms. The highest BCUT2D eigenvalue weighted by Gasteiger charge is 2.39. The Morgan fingerprint density at radius 1 is 1.56 bits per heavy atom. The molecular weight excluding hydrogens is 204 g/mol. The number of hydrogen-bond acceptors (Lipinski definition) is 3. The third-order valence-electron chi connectivity index (χ3n) is 2.86. The number of rotatable bonds is 1. The van der Waals surface area contributed by atoms with E-state index in [2.05, 4.69) is 5.92 Å². The molecule has 0 fully saturated rings. The molecule has 3 nitrogen and oxygen atoms in total. The van der Waals surface area contributed by atoms with Crippen molar-refractivity contribution in [2.45, 2.75) is 40.2 Å². The fraction of sp³-hybridized carbons (Fsp3) is 0.538. The van der Waals surface area contributed by atoms with Gasteiger partial charge in [0.1, 0.15) is 0 Å². The second kappa shape index (κ2) is 4.13. The lowest BCUT2D eigenvalue weighted by Gasteiger charge is -2.34. The molecule has 1 rings (SSSR count). The lowest BCUT2D eigenvalue weighted by Crippen LogP contribution is -2.38. The van der Waals surface area contributed by atoms with Crippen LogP contribution in [0.25, 0.3) is 0 Å². The number of carbonyl (C=O) groups excluding carboxylic acids is 2. The first kappa shape index (κ1) is 12.5. The first-order chi connectivity index (χ1) is 7.29. The number of Topliss-reactive ketones (excluding diaryl/α,β-unsaturated/α-hetero) is 1. The van der Waals surface area contributed by atoms with Crippen LogP contribution in [-0.2, 0) is 14.3 Å². The summed E-state index contributed by atoms with van der Waals surface area (Å²) < 4.78 is 5.01. The Hall–Kier alpha value is -1.56. The average molecular weight is 220 g/mol. The zero-order chi connectivity index (χ0) is 12.5. The molecule has 86 valence electrons. The second-order valence-corrected chi connectivity index (χ2v) is 4.69. The second-order valence-electron chi connectivity index (χ2n) is 4.69. The maximum Gasteiger partial charge on any atom is 0.303 e. The molecule has 0 heterocycles. The fourth-order valence-electron chi connectivity index (χ4n) is 2.13. The Labute approximate surface area is 95.9 Å². The van der Waals surface area contributed by atoms with Gasteiger partial charge in [-0.2, -0.15) is 0 Å². The monoisotopic (exact) mass is 220 g/mol. The highest BCUT2D eigenvalue weighted by molar-refractivity contribution is 6.01. The molecule has 0 aromatic heterocycles. The number of ether oxygens (including phenoxy) is 1. The molecular formula is C13H16O3. The number of carbonyl (C=O) groups is 2. The first-order valence-corrected chi connectivity index (χ1v) is 5.19. The van der Waals surface area contributed by atoms with Gasteiger partial charge in [0.05, 0.1) is 0 Å². The topological polar surface area (TPSA) is 43.4 Å². The van der Waals surface area contributed by atoms with Gasteiger partial charge < -0.3 is 4.74 Å². The van der Waals surface area contributed by atoms with Crippen molar-refractivity contribution in [3.8, 4) is 12.3 Å². The Bertz CT molecular complexity index is 407. The maximum atomic E-state index is 11.9. The Morgan fingerprint density at radius 3 is 2.56 bits per heavy atom. The molecule has 0 saturated carbocycles. The van der Waals surface area contributed by atoms with E-state index in [0.29, 0.717) is 17.6 Å². The van der Waals surface area contributed by atoms with Gasteiger partial charge in [-0.05, 0) is 6.92 Å². The predicted molar refractivity (Wildman–Crippen MR) is 60.5 cm³/mol. The summed E-state index contributed by atoms with van der Waals surface area (Å²) in [6, 6.07) is 0. The molecule has 1 aliphatic carbocycles. The summed E-state index contributed by atoms with van der Waals surface area (Å²) in [5, 5.41) is 0. The molecule has 0 radical (unpaired) electrons. The molecule has 0 aromatic rings. The normalized spacial score (nSPS) is 23.9. The SMILES string of the molecule is C#CC1=C(C)C(=O)[C@@H](OC(C)=O)CC1(C)C. The Morgan fingerprint density at radius 2 is 2.12 bits per heavy atom. The number of hydrogen-bond donors (Lipinski definition) is 0. The van der Waals surface area contributed by atoms with Crippen LogP contribution in [0, 0.1) is 17.8 Å². The van der Waals surface area contributed by atoms with Gasteiger partial charge >= 0.3 is 5.97 Å². The predicted octanol–water partition coefficient (Wildman–Crippen LogP) is 1.87. The summed E-state index contributed by atoms with van der Waals surface area (Å²) in [6.45, 7) is 6.90. The largest absolute Gasteiger partial charge is 0.454 e. The zero-order valence-electron chi connectivity index (χ0n) is 10.1. The smallest absolute Gasteiger partial charge is 0.303 e. The van der Waals surface area contributed by atoms with Crippen LogP contribution in [0.2, 0.25) is 0 Å². The Kier molecular flexibility index (Phi) is 3.23. The minimum Gasteiger partial charge on any atom is -0.454 e. The van der Waals surface area contributed by atoms with Crippen molar-refractivity contribution in [2.24, 2.45) is 5.41 Å². The molecule has 1 aliphatic rings. The summed E-state index contributed by atoms with van der Waals surface area (Å²) in [5.41, 5.74) is 0.943. The number of esters is 1. The van der Waals surface area contributed by atoms with Crippen LogP contribution in [0.3, 0.4) is 0 Å². The van der Waals surface area contributed by atoms with Gasteiger partial charge in [-0.25, -0.2) is 0 Å². The average Bonchev–Trinajstić information content (AvgIpc) is 2.13. The van der Waals surface area contributed by atoms with Gasteiger partial charge in [0, 0.05) is 29.9 Å². The van der Waals surface area contributed by atoms with E-state index in [4.69, 9.17) is 11.2 Å². The molecule has 0 saturated heterocycles. The molecule has 0 aliphatic heterocycles. The first-order valence-electron chi connectivity index (χ1n) is 5.19. The third-order valence-corrected chi connectivity index (χ3v) is 2.86. The van der Waals surface area contributed by atoms with Crippen LogP contribution in [0.1, 0.15) is 34.1 Å². The van der Waals surface area contributed by atoms with Gasteiger partial charge in [-0.15, -0.1) is 6.42 Å². The van der Waals surface area contributed by atoms with E-state index in [1.54, 1.807) is 6.92 Å². The zero-order valence-corrected chi connectivity index (χ0v) is 10.1. The van der Waals surface area contributed by atoms with Crippen molar-refractivity contribution in [1.29, 1.82) is 0 Å². The van der Waals surface area contributed by atoms with Crippen LogP contribution >= 0.6 is 0 Å². The standard InChI is InChI=1S/C13H16O3/c1-6-10-8(2)12(15)11(16-9(3)14)7-13(10,4)5/h1,11H,7H2,2-5H3/t11-/m0/s1. The van der Waals surface area contributed by atoms with Gasteiger partial charge in [-0.3, -0.25) is 9.59 Å². The lowest BCUT2D eigenvalue weighted by atomic mass is 9.71. The van der Waals surface area contributed by atoms with Crippen molar-refractivity contribution in [3.63, 3.8) is 0 Å². The van der Waals surface area contributed by atoms with Crippen LogP contribution in [0.5, 0.6) is 0 Å². The summed E-state index contributed by atoms with van der Waals surface area (Å²) in [5.74, 6) is 1.95. The van der Waals surface area contributed by atoms with E-state index in [9.17, 15) is 9.59 Å². The molecule has 0 aromatic carbocycles. The van der Waals surface area contributed by atoms with Crippen LogP contribution in [0.4, 0.5) is 0 Å². The van der Waals surface area contributed by atoms with Crippen molar-refractivity contribution in [3.05, 3.63) is 11.1 Å². The molecule has 0 amide bonds. The molecule has 1 atom stereocenters. The van der Waals surface area contributed by atoms with E-state index in [-0.39, 0.29) is 11.2 Å². The third kappa shape index (κ3) is 2.16. The van der Waals surface area contributed by atoms with Crippen LogP contribution in [0.15, 0.2) is 11.1 Å². The van der Waals surface area contributed by atoms with E-state index < -0.39 is 12.1 Å². The summed E-state index contributed by atoms with van der Waals surface area (Å²) >= 11 is 0. The van der Waals surface area contributed by atoms with E-state index >= 15 is 0 Å². The Balaban J connectivity index is 3.12. The highest BCUT2D eigenvalue weighted by Crippen LogP contribution is 2.39. The summed E-state index contributed by atoms with van der Waals surface area (Å²) in [6.07, 6.45) is 5.17. The molecule has 0 unspecified atom stereocenters. The van der Waals surface area contributed by atoms with Gasteiger partial charge in [0.25, 0.3) is 0 Å². The molecule has 0 N–H and O–H groups in total. The van der Waals surface area contributed by atoms with Gasteiger partial charge in [0.15, 0.2) is 11.9 Å². The van der Waals surface area contributed by atoms with E-state index in [1.165, 1.54) is 6.92 Å². The quantitative estimate of drug-likeness (QED) is 0.500. The van der Waals surface area contributed by atoms with Gasteiger partial charge in [-0.1, -0.05) is 19.8 Å². The molecule has 16 heavy (non-hydrogen) atoms. The summed E-state index contributed by atoms with van der Waals surface area (Å²) in [4.78, 5) is 22.8. The minimum absolute atomic E-state index is 0.178. The van der Waals surface area contributed by atoms with Crippen molar-refractivity contribution in [1.82, 2.24) is 0 Å². The number of allylic oxidation sites excluding steroid dienone is 1. The maximum absolute atomic E-state index is 11.9. The molecule has 3 heteroatoms. The number of terminal acetylenes is 1. The van der Waals surface area contributed by atoms with E-state index in [0.717, 1.165) is 0 Å². The summed E-state index contributed by atoms with van der Waals surface area (Å²) in [7, 11) is 0. The van der Waals surface area contributed by atoms with Crippen molar-refractivity contribution < 1.29 is 14.3 Å².